The number of ether oxygens (including phenoxy) is 1. The number of allylic oxidation sites excluding steroid dienone is 1. The van der Waals surface area contributed by atoms with Gasteiger partial charge in [0.2, 0.25) is 0 Å². The van der Waals surface area contributed by atoms with Gasteiger partial charge in [0.15, 0.2) is 0 Å². The smallest absolute Gasteiger partial charge is 0.335 e. The van der Waals surface area contributed by atoms with E-state index in [1.807, 2.05) is 24.3 Å². The van der Waals surface area contributed by atoms with Gasteiger partial charge in [-0.2, -0.15) is 0 Å². The lowest BCUT2D eigenvalue weighted by Crippen LogP contribution is -2.03. The normalized spacial score (nSPS) is 12.0. The van der Waals surface area contributed by atoms with Gasteiger partial charge < -0.3 is 4.74 Å². The highest BCUT2D eigenvalue weighted by molar-refractivity contribution is 5.85. The van der Waals surface area contributed by atoms with Gasteiger partial charge in [0, 0.05) is 6.08 Å². The molecule has 0 aromatic heterocycles. The predicted molar refractivity (Wildman–Crippen MR) is 101 cm³/mol. The van der Waals surface area contributed by atoms with Crippen molar-refractivity contribution in [3.05, 3.63) is 90.0 Å². The van der Waals surface area contributed by atoms with Gasteiger partial charge in [0.05, 0.1) is 0 Å². The number of rotatable bonds is 3. The van der Waals surface area contributed by atoms with Gasteiger partial charge in [-0.1, -0.05) is 60.7 Å². The van der Waals surface area contributed by atoms with Crippen LogP contribution in [-0.4, -0.2) is 5.97 Å². The highest BCUT2D eigenvalue weighted by Gasteiger charge is 2.20. The predicted octanol–water partition coefficient (Wildman–Crippen LogP) is 5.41. The molecular formula is C23H18O2. The lowest BCUT2D eigenvalue weighted by atomic mass is 9.96. The van der Waals surface area contributed by atoms with Crippen LogP contribution >= 0.6 is 0 Å². The first-order valence-corrected chi connectivity index (χ1v) is 8.41. The molecule has 0 heterocycles. The molecule has 2 nitrogen and oxygen atoms in total. The number of benzene rings is 3. The summed E-state index contributed by atoms with van der Waals surface area (Å²) in [6.07, 6.45) is 4.04. The molecule has 0 saturated carbocycles. The first-order chi connectivity index (χ1) is 12.3. The maximum Gasteiger partial charge on any atom is 0.335 e. The second-order valence-electron chi connectivity index (χ2n) is 6.11. The minimum absolute atomic E-state index is 0.355. The van der Waals surface area contributed by atoms with Crippen molar-refractivity contribution >= 4 is 5.97 Å². The zero-order valence-corrected chi connectivity index (χ0v) is 14.0. The Kier molecular flexibility index (Phi) is 3.95. The van der Waals surface area contributed by atoms with Crippen LogP contribution in [0, 0.1) is 0 Å². The molecule has 1 aliphatic carbocycles. The van der Waals surface area contributed by atoms with Crippen molar-refractivity contribution in [2.45, 2.75) is 13.3 Å². The molecular weight excluding hydrogens is 308 g/mol. The fourth-order valence-corrected chi connectivity index (χ4v) is 3.42. The summed E-state index contributed by atoms with van der Waals surface area (Å²) in [5, 5.41) is 0. The molecule has 0 bridgehead atoms. The summed E-state index contributed by atoms with van der Waals surface area (Å²) in [5.74, 6) is 0.203. The Hall–Kier alpha value is -3.13. The molecule has 2 heteroatoms. The summed E-state index contributed by atoms with van der Waals surface area (Å²) in [7, 11) is 0. The van der Waals surface area contributed by atoms with Crippen LogP contribution in [0.1, 0.15) is 18.1 Å². The summed E-state index contributed by atoms with van der Waals surface area (Å²) in [4.78, 5) is 11.5. The molecule has 3 aromatic carbocycles. The minimum atomic E-state index is -0.355. The average Bonchev–Trinajstić information content (AvgIpc) is 3.01. The molecule has 0 atom stereocenters. The molecule has 1 aliphatic rings. The van der Waals surface area contributed by atoms with Crippen LogP contribution in [0.2, 0.25) is 0 Å². The van der Waals surface area contributed by atoms with Crippen molar-refractivity contribution in [3.8, 4) is 28.0 Å². The van der Waals surface area contributed by atoms with Gasteiger partial charge in [-0.15, -0.1) is 0 Å². The van der Waals surface area contributed by atoms with Gasteiger partial charge in [-0.05, 0) is 58.9 Å². The number of carbonyl (C=O) groups is 1. The molecule has 4 rings (SSSR count). The topological polar surface area (TPSA) is 26.3 Å². The molecule has 0 N–H and O–H groups in total. The number of hydrogen-bond acceptors (Lipinski definition) is 2. The number of carbonyl (C=O) groups excluding carboxylic acids is 1. The lowest BCUT2D eigenvalue weighted by Gasteiger charge is -2.10. The van der Waals surface area contributed by atoms with Crippen molar-refractivity contribution in [2.24, 2.45) is 0 Å². The second-order valence-corrected chi connectivity index (χ2v) is 6.11. The Morgan fingerprint density at radius 3 is 2.40 bits per heavy atom. The summed E-state index contributed by atoms with van der Waals surface area (Å²) in [6, 6.07) is 22.7. The first-order valence-electron chi connectivity index (χ1n) is 8.41. The van der Waals surface area contributed by atoms with E-state index in [1.165, 1.54) is 33.9 Å². The average molecular weight is 326 g/mol. The van der Waals surface area contributed by atoms with E-state index in [-0.39, 0.29) is 5.97 Å². The van der Waals surface area contributed by atoms with Crippen molar-refractivity contribution in [2.75, 3.05) is 0 Å². The van der Waals surface area contributed by atoms with Crippen molar-refractivity contribution in [1.82, 2.24) is 0 Å². The summed E-state index contributed by atoms with van der Waals surface area (Å²) >= 11 is 0. The molecule has 0 aliphatic heterocycles. The molecule has 0 fully saturated rings. The second kappa shape index (κ2) is 6.40. The summed E-state index contributed by atoms with van der Waals surface area (Å²) in [6.45, 7) is 1.79. The van der Waals surface area contributed by atoms with E-state index >= 15 is 0 Å². The molecule has 25 heavy (non-hydrogen) atoms. The third-order valence-electron chi connectivity index (χ3n) is 4.54. The van der Waals surface area contributed by atoms with Crippen LogP contribution in [0.15, 0.2) is 78.9 Å². The molecule has 3 aromatic rings. The number of hydrogen-bond donors (Lipinski definition) is 0. The standard InChI is InChI=1S/C23H18O2/c1-2-6-23(24)25-18-13-11-16(12-14-18)19-9-5-10-21-20-8-4-3-7-17(20)15-22(19)21/h2-14H,15H2,1H3. The minimum Gasteiger partial charge on any atom is -0.423 e. The number of fused-ring (bicyclic) bond motifs is 3. The van der Waals surface area contributed by atoms with Crippen molar-refractivity contribution < 1.29 is 9.53 Å². The van der Waals surface area contributed by atoms with E-state index in [0.29, 0.717) is 5.75 Å². The van der Waals surface area contributed by atoms with Gasteiger partial charge in [0.25, 0.3) is 0 Å². The molecule has 0 spiro atoms. The highest BCUT2D eigenvalue weighted by atomic mass is 16.5. The Bertz CT molecular complexity index is 966. The monoisotopic (exact) mass is 326 g/mol. The molecule has 122 valence electrons. The number of esters is 1. The van der Waals surface area contributed by atoms with E-state index in [1.54, 1.807) is 13.0 Å². The van der Waals surface area contributed by atoms with E-state index in [9.17, 15) is 4.79 Å². The van der Waals surface area contributed by atoms with E-state index in [4.69, 9.17) is 4.74 Å². The maximum atomic E-state index is 11.5. The van der Waals surface area contributed by atoms with Crippen LogP contribution < -0.4 is 4.74 Å². The van der Waals surface area contributed by atoms with Gasteiger partial charge >= 0.3 is 5.97 Å². The van der Waals surface area contributed by atoms with E-state index < -0.39 is 0 Å². The molecule has 0 unspecified atom stereocenters. The zero-order valence-electron chi connectivity index (χ0n) is 14.0. The van der Waals surface area contributed by atoms with Crippen LogP contribution in [0.4, 0.5) is 0 Å². The van der Waals surface area contributed by atoms with Gasteiger partial charge in [0.1, 0.15) is 5.75 Å². The first kappa shape index (κ1) is 15.4. The Morgan fingerprint density at radius 2 is 1.60 bits per heavy atom. The largest absolute Gasteiger partial charge is 0.423 e. The summed E-state index contributed by atoms with van der Waals surface area (Å²) in [5.41, 5.74) is 7.76. The third kappa shape index (κ3) is 2.87. The maximum absolute atomic E-state index is 11.5. The van der Waals surface area contributed by atoms with Crippen LogP contribution in [0.5, 0.6) is 5.75 Å². The Morgan fingerprint density at radius 1 is 0.880 bits per heavy atom. The van der Waals surface area contributed by atoms with Crippen molar-refractivity contribution in [3.63, 3.8) is 0 Å². The molecule has 0 radical (unpaired) electrons. The highest BCUT2D eigenvalue weighted by Crippen LogP contribution is 2.41. The lowest BCUT2D eigenvalue weighted by molar-refractivity contribution is -0.129. The van der Waals surface area contributed by atoms with Gasteiger partial charge in [-0.25, -0.2) is 4.79 Å². The molecule has 0 amide bonds. The van der Waals surface area contributed by atoms with Gasteiger partial charge in [-0.3, -0.25) is 0 Å². The molecule has 0 saturated heterocycles. The quantitative estimate of drug-likeness (QED) is 0.286. The summed E-state index contributed by atoms with van der Waals surface area (Å²) < 4.78 is 5.26. The fourth-order valence-electron chi connectivity index (χ4n) is 3.42. The Balaban J connectivity index is 1.67. The third-order valence-corrected chi connectivity index (χ3v) is 4.54. The van der Waals surface area contributed by atoms with Crippen LogP contribution in [0.3, 0.4) is 0 Å². The Labute approximate surface area is 147 Å². The SMILES string of the molecule is CC=CC(=O)Oc1ccc(-c2cccc3c2Cc2ccccc2-3)cc1. The van der Waals surface area contributed by atoms with Crippen LogP contribution in [0.25, 0.3) is 22.3 Å². The van der Waals surface area contributed by atoms with E-state index in [2.05, 4.69) is 42.5 Å². The van der Waals surface area contributed by atoms with Crippen molar-refractivity contribution in [1.29, 1.82) is 0 Å². The van der Waals surface area contributed by atoms with E-state index in [0.717, 1.165) is 12.0 Å². The van der Waals surface area contributed by atoms with Crippen LogP contribution in [-0.2, 0) is 11.2 Å². The fraction of sp³-hybridized carbons (Fsp3) is 0.0870. The zero-order chi connectivity index (χ0) is 17.2.